The normalized spacial score (nSPS) is 16.2. The van der Waals surface area contributed by atoms with Crippen LogP contribution in [0.4, 0.5) is 5.69 Å². The SMILES string of the molecule is COc1cccc(N2CC(C(=O)NCCCc3nnc(SC)n3CC(C)C)CC2=O)c1. The molecule has 1 aliphatic rings. The summed E-state index contributed by atoms with van der Waals surface area (Å²) in [5, 5.41) is 12.5. The molecule has 1 aromatic heterocycles. The van der Waals surface area contributed by atoms with Gasteiger partial charge in [0.25, 0.3) is 0 Å². The Labute approximate surface area is 187 Å². The minimum Gasteiger partial charge on any atom is -0.497 e. The number of anilines is 1. The molecule has 3 rings (SSSR count). The van der Waals surface area contributed by atoms with E-state index >= 15 is 0 Å². The van der Waals surface area contributed by atoms with Crippen LogP contribution in [-0.2, 0) is 22.6 Å². The van der Waals surface area contributed by atoms with E-state index in [4.69, 9.17) is 4.74 Å². The highest BCUT2D eigenvalue weighted by Crippen LogP contribution is 2.28. The lowest BCUT2D eigenvalue weighted by Crippen LogP contribution is -2.33. The van der Waals surface area contributed by atoms with E-state index in [1.165, 1.54) is 0 Å². The van der Waals surface area contributed by atoms with E-state index in [9.17, 15) is 9.59 Å². The summed E-state index contributed by atoms with van der Waals surface area (Å²) in [7, 11) is 1.59. The first-order chi connectivity index (χ1) is 14.9. The van der Waals surface area contributed by atoms with Gasteiger partial charge in [-0.1, -0.05) is 31.7 Å². The lowest BCUT2D eigenvalue weighted by molar-refractivity contribution is -0.126. The van der Waals surface area contributed by atoms with Gasteiger partial charge >= 0.3 is 0 Å². The molecule has 0 bridgehead atoms. The molecule has 2 amide bonds. The Balaban J connectivity index is 1.49. The number of carbonyl (C=O) groups excluding carboxylic acids is 2. The van der Waals surface area contributed by atoms with Crippen molar-refractivity contribution in [2.24, 2.45) is 11.8 Å². The first-order valence-electron chi connectivity index (χ1n) is 10.6. The Morgan fingerprint density at radius 2 is 2.16 bits per heavy atom. The van der Waals surface area contributed by atoms with Gasteiger partial charge in [-0.3, -0.25) is 9.59 Å². The van der Waals surface area contributed by atoms with Gasteiger partial charge in [-0.05, 0) is 30.7 Å². The minimum atomic E-state index is -0.341. The number of nitrogens with one attached hydrogen (secondary N) is 1. The fourth-order valence-corrected chi connectivity index (χ4v) is 4.24. The van der Waals surface area contributed by atoms with E-state index in [-0.39, 0.29) is 24.2 Å². The molecule has 1 unspecified atom stereocenters. The molecule has 2 aromatic rings. The summed E-state index contributed by atoms with van der Waals surface area (Å²) in [4.78, 5) is 26.7. The van der Waals surface area contributed by atoms with Crippen molar-refractivity contribution in [1.82, 2.24) is 20.1 Å². The number of hydrogen-bond donors (Lipinski definition) is 1. The number of aryl methyl sites for hydroxylation is 1. The topological polar surface area (TPSA) is 89.3 Å². The number of aromatic nitrogens is 3. The fourth-order valence-electron chi connectivity index (χ4n) is 3.72. The van der Waals surface area contributed by atoms with Crippen LogP contribution in [0.1, 0.15) is 32.5 Å². The van der Waals surface area contributed by atoms with Crippen LogP contribution < -0.4 is 15.0 Å². The molecular weight excluding hydrogens is 414 g/mol. The highest BCUT2D eigenvalue weighted by atomic mass is 32.2. The van der Waals surface area contributed by atoms with Gasteiger partial charge in [0.15, 0.2) is 5.16 Å². The molecule has 9 heteroatoms. The minimum absolute atomic E-state index is 0.0419. The van der Waals surface area contributed by atoms with Crippen molar-refractivity contribution in [2.75, 3.05) is 31.4 Å². The molecule has 0 aliphatic carbocycles. The Kier molecular flexibility index (Phi) is 7.95. The highest BCUT2D eigenvalue weighted by molar-refractivity contribution is 7.98. The number of hydrogen-bond acceptors (Lipinski definition) is 6. The first kappa shape index (κ1) is 23.1. The van der Waals surface area contributed by atoms with Gasteiger partial charge in [-0.25, -0.2) is 0 Å². The number of rotatable bonds is 10. The Bertz CT molecular complexity index is 914. The zero-order valence-electron chi connectivity index (χ0n) is 18.6. The molecule has 0 radical (unpaired) electrons. The van der Waals surface area contributed by atoms with Gasteiger partial charge in [0, 0.05) is 44.2 Å². The van der Waals surface area contributed by atoms with Crippen molar-refractivity contribution in [3.8, 4) is 5.75 Å². The molecule has 1 saturated heterocycles. The third-order valence-corrected chi connectivity index (χ3v) is 5.93. The summed E-state index contributed by atoms with van der Waals surface area (Å²) in [5.41, 5.74) is 0.758. The summed E-state index contributed by atoms with van der Waals surface area (Å²) in [5.74, 6) is 1.69. The number of carbonyl (C=O) groups is 2. The summed E-state index contributed by atoms with van der Waals surface area (Å²) < 4.78 is 7.40. The van der Waals surface area contributed by atoms with E-state index in [0.717, 1.165) is 36.1 Å². The van der Waals surface area contributed by atoms with Crippen molar-refractivity contribution in [2.45, 2.75) is 44.8 Å². The molecular formula is C22H31N5O3S. The van der Waals surface area contributed by atoms with E-state index in [0.29, 0.717) is 24.8 Å². The number of thioether (sulfide) groups is 1. The molecule has 0 saturated carbocycles. The molecule has 1 atom stereocenters. The van der Waals surface area contributed by atoms with Crippen LogP contribution in [0.3, 0.4) is 0 Å². The predicted molar refractivity (Wildman–Crippen MR) is 121 cm³/mol. The van der Waals surface area contributed by atoms with Crippen molar-refractivity contribution < 1.29 is 14.3 Å². The van der Waals surface area contributed by atoms with Crippen LogP contribution in [0.15, 0.2) is 29.4 Å². The maximum absolute atomic E-state index is 12.6. The van der Waals surface area contributed by atoms with Crippen molar-refractivity contribution >= 4 is 29.3 Å². The van der Waals surface area contributed by atoms with Crippen LogP contribution in [-0.4, -0.2) is 53.0 Å². The predicted octanol–water partition coefficient (Wildman–Crippen LogP) is 2.77. The highest BCUT2D eigenvalue weighted by Gasteiger charge is 2.35. The standard InChI is InChI=1S/C22H31N5O3S/c1-15(2)13-27-19(24-25-22(27)31-4)9-6-10-23-21(29)16-11-20(28)26(14-16)17-7-5-8-18(12-17)30-3/h5,7-8,12,15-16H,6,9-11,13-14H2,1-4H3,(H,23,29). The third-order valence-electron chi connectivity index (χ3n) is 5.26. The molecule has 8 nitrogen and oxygen atoms in total. The number of nitrogens with zero attached hydrogens (tertiary/aromatic N) is 4. The van der Waals surface area contributed by atoms with Gasteiger partial charge in [0.2, 0.25) is 11.8 Å². The van der Waals surface area contributed by atoms with Gasteiger partial charge in [0.1, 0.15) is 11.6 Å². The van der Waals surface area contributed by atoms with E-state index in [2.05, 4.69) is 33.9 Å². The van der Waals surface area contributed by atoms with Crippen LogP contribution in [0.5, 0.6) is 5.75 Å². The third kappa shape index (κ3) is 5.78. The average molecular weight is 446 g/mol. The van der Waals surface area contributed by atoms with Crippen LogP contribution in [0.2, 0.25) is 0 Å². The lowest BCUT2D eigenvalue weighted by Gasteiger charge is -2.17. The first-order valence-corrected chi connectivity index (χ1v) is 11.8. The summed E-state index contributed by atoms with van der Waals surface area (Å²) in [6.45, 7) is 6.16. The van der Waals surface area contributed by atoms with Crippen molar-refractivity contribution in [1.29, 1.82) is 0 Å². The number of methoxy groups -OCH3 is 1. The second-order valence-corrected chi connectivity index (χ2v) is 8.88. The van der Waals surface area contributed by atoms with Crippen LogP contribution in [0, 0.1) is 11.8 Å². The zero-order chi connectivity index (χ0) is 22.4. The average Bonchev–Trinajstić information content (AvgIpc) is 3.33. The lowest BCUT2D eigenvalue weighted by atomic mass is 10.1. The van der Waals surface area contributed by atoms with Gasteiger partial charge in [0.05, 0.1) is 13.0 Å². The zero-order valence-corrected chi connectivity index (χ0v) is 19.4. The second kappa shape index (κ2) is 10.7. The Morgan fingerprint density at radius 3 is 2.87 bits per heavy atom. The van der Waals surface area contributed by atoms with Gasteiger partial charge < -0.3 is 19.5 Å². The molecule has 1 N–H and O–H groups in total. The Morgan fingerprint density at radius 1 is 1.35 bits per heavy atom. The summed E-state index contributed by atoms with van der Waals surface area (Å²) in [6, 6.07) is 7.35. The molecule has 2 heterocycles. The summed E-state index contributed by atoms with van der Waals surface area (Å²) in [6.07, 6.45) is 3.75. The fraction of sp³-hybridized carbons (Fsp3) is 0.545. The van der Waals surface area contributed by atoms with E-state index in [1.54, 1.807) is 23.8 Å². The Hall–Kier alpha value is -2.55. The number of amides is 2. The van der Waals surface area contributed by atoms with E-state index in [1.807, 2.05) is 30.5 Å². The number of benzene rings is 1. The maximum atomic E-state index is 12.6. The second-order valence-electron chi connectivity index (χ2n) is 8.11. The molecule has 1 fully saturated rings. The van der Waals surface area contributed by atoms with Crippen LogP contribution in [0.25, 0.3) is 0 Å². The maximum Gasteiger partial charge on any atom is 0.227 e. The smallest absolute Gasteiger partial charge is 0.227 e. The van der Waals surface area contributed by atoms with Crippen LogP contribution >= 0.6 is 11.8 Å². The van der Waals surface area contributed by atoms with Crippen molar-refractivity contribution in [3.05, 3.63) is 30.1 Å². The van der Waals surface area contributed by atoms with Gasteiger partial charge in [-0.15, -0.1) is 10.2 Å². The molecule has 1 aliphatic heterocycles. The molecule has 31 heavy (non-hydrogen) atoms. The van der Waals surface area contributed by atoms with Gasteiger partial charge in [-0.2, -0.15) is 0 Å². The molecule has 168 valence electrons. The number of ether oxygens (including phenoxy) is 1. The largest absolute Gasteiger partial charge is 0.497 e. The van der Waals surface area contributed by atoms with E-state index < -0.39 is 0 Å². The monoisotopic (exact) mass is 445 g/mol. The molecule has 0 spiro atoms. The van der Waals surface area contributed by atoms with Crippen molar-refractivity contribution in [3.63, 3.8) is 0 Å². The summed E-state index contributed by atoms with van der Waals surface area (Å²) >= 11 is 1.60. The quantitative estimate of drug-likeness (QED) is 0.447. The molecule has 1 aromatic carbocycles.